The summed E-state index contributed by atoms with van der Waals surface area (Å²) in [5.41, 5.74) is -0.199. The highest BCUT2D eigenvalue weighted by atomic mass is 35.5. The monoisotopic (exact) mass is 305 g/mol. The number of benzene rings is 1. The van der Waals surface area contributed by atoms with Crippen molar-refractivity contribution >= 4 is 34.1 Å². The second kappa shape index (κ2) is 6.63. The fraction of sp³-hybridized carbons (Fsp3) is 0.364. The smallest absolute Gasteiger partial charge is 0.319 e. The maximum absolute atomic E-state index is 11.9. The summed E-state index contributed by atoms with van der Waals surface area (Å²) >= 11 is 5.81. The van der Waals surface area contributed by atoms with E-state index in [1.807, 2.05) is 0 Å². The maximum Gasteiger partial charge on any atom is 0.319 e. The molecule has 0 saturated carbocycles. The molecule has 19 heavy (non-hydrogen) atoms. The van der Waals surface area contributed by atoms with Crippen molar-refractivity contribution in [2.24, 2.45) is 0 Å². The molecule has 0 radical (unpaired) electrons. The van der Waals surface area contributed by atoms with Crippen LogP contribution in [0, 0.1) is 10.1 Å². The molecular weight excluding hydrogens is 294 g/mol. The first-order chi connectivity index (χ1) is 8.81. The Morgan fingerprint density at radius 1 is 1.53 bits per heavy atom. The molecule has 1 aromatic carbocycles. The zero-order chi connectivity index (χ0) is 14.6. The van der Waals surface area contributed by atoms with Crippen LogP contribution < -0.4 is 0 Å². The third-order valence-corrected chi connectivity index (χ3v) is 3.76. The highest BCUT2D eigenvalue weighted by Gasteiger charge is 2.17. The lowest BCUT2D eigenvalue weighted by atomic mass is 10.3. The molecule has 8 heteroatoms. The Morgan fingerprint density at radius 2 is 2.16 bits per heavy atom. The molecule has 1 unspecified atom stereocenters. The third-order valence-electron chi connectivity index (χ3n) is 1.99. The van der Waals surface area contributed by atoms with E-state index in [-0.39, 0.29) is 27.5 Å². The number of non-ortho nitro benzene ring substituents is 1. The Labute approximate surface area is 117 Å². The molecule has 1 aromatic rings. The van der Waals surface area contributed by atoms with Gasteiger partial charge in [0, 0.05) is 12.1 Å². The van der Waals surface area contributed by atoms with Gasteiger partial charge in [0.15, 0.2) is 0 Å². The van der Waals surface area contributed by atoms with Crippen LogP contribution in [0.15, 0.2) is 23.1 Å². The lowest BCUT2D eigenvalue weighted by Gasteiger charge is -2.08. The summed E-state index contributed by atoms with van der Waals surface area (Å²) in [6, 6.07) is 3.56. The van der Waals surface area contributed by atoms with Crippen LogP contribution in [0.4, 0.5) is 5.69 Å². The Kier molecular flexibility index (Phi) is 5.44. The quantitative estimate of drug-likeness (QED) is 0.473. The first-order valence-electron chi connectivity index (χ1n) is 5.33. The number of nitro benzene ring substituents is 1. The van der Waals surface area contributed by atoms with Crippen molar-refractivity contribution in [1.82, 2.24) is 0 Å². The molecule has 1 atom stereocenters. The molecule has 0 bridgehead atoms. The Morgan fingerprint density at radius 3 is 2.63 bits per heavy atom. The number of hydrogen-bond donors (Lipinski definition) is 0. The van der Waals surface area contributed by atoms with Gasteiger partial charge in [-0.05, 0) is 19.9 Å². The molecule has 0 spiro atoms. The van der Waals surface area contributed by atoms with Crippen molar-refractivity contribution in [1.29, 1.82) is 0 Å². The van der Waals surface area contributed by atoms with Gasteiger partial charge in [0.1, 0.15) is 5.75 Å². The summed E-state index contributed by atoms with van der Waals surface area (Å²) < 4.78 is 16.8. The second-order valence-corrected chi connectivity index (χ2v) is 5.73. The maximum atomic E-state index is 11.9. The van der Waals surface area contributed by atoms with E-state index in [2.05, 4.69) is 0 Å². The van der Waals surface area contributed by atoms with Gasteiger partial charge in [-0.2, -0.15) is 0 Å². The lowest BCUT2D eigenvalue weighted by molar-refractivity contribution is -0.384. The van der Waals surface area contributed by atoms with Gasteiger partial charge in [0.25, 0.3) is 5.69 Å². The summed E-state index contributed by atoms with van der Waals surface area (Å²) in [5.74, 6) is -0.946. The van der Waals surface area contributed by atoms with Crippen molar-refractivity contribution in [2.45, 2.75) is 24.8 Å². The topological polar surface area (TPSA) is 86.5 Å². The zero-order valence-corrected chi connectivity index (χ0v) is 11.9. The summed E-state index contributed by atoms with van der Waals surface area (Å²) in [4.78, 5) is 21.5. The average Bonchev–Trinajstić information content (AvgIpc) is 2.26. The van der Waals surface area contributed by atoms with Gasteiger partial charge in [0.05, 0.1) is 31.7 Å². The molecule has 0 saturated heterocycles. The fourth-order valence-corrected chi connectivity index (χ4v) is 2.64. The van der Waals surface area contributed by atoms with Crippen molar-refractivity contribution in [3.63, 3.8) is 0 Å². The van der Waals surface area contributed by atoms with Crippen LogP contribution in [0.3, 0.4) is 0 Å². The summed E-state index contributed by atoms with van der Waals surface area (Å²) in [7, 11) is -1.69. The van der Waals surface area contributed by atoms with Crippen LogP contribution in [0.25, 0.3) is 0 Å². The Balaban J connectivity index is 2.83. The molecule has 0 aliphatic carbocycles. The number of nitro groups is 1. The minimum atomic E-state index is -1.69. The van der Waals surface area contributed by atoms with E-state index in [0.29, 0.717) is 0 Å². The van der Waals surface area contributed by atoms with E-state index in [9.17, 15) is 19.1 Å². The second-order valence-electron chi connectivity index (χ2n) is 3.90. The van der Waals surface area contributed by atoms with Gasteiger partial charge in [0.2, 0.25) is 0 Å². The number of nitrogens with zero attached hydrogens (tertiary/aromatic N) is 1. The van der Waals surface area contributed by atoms with Gasteiger partial charge < -0.3 is 4.74 Å². The van der Waals surface area contributed by atoms with Crippen LogP contribution in [0.2, 0.25) is 5.02 Å². The molecule has 0 aromatic heterocycles. The van der Waals surface area contributed by atoms with E-state index in [4.69, 9.17) is 16.3 Å². The van der Waals surface area contributed by atoms with Gasteiger partial charge in [-0.1, -0.05) is 11.6 Å². The first-order valence-corrected chi connectivity index (χ1v) is 7.02. The number of rotatable bonds is 5. The lowest BCUT2D eigenvalue weighted by Crippen LogP contribution is -2.18. The Hall–Kier alpha value is -1.47. The summed E-state index contributed by atoms with van der Waals surface area (Å²) in [5, 5.41) is 10.5. The molecule has 0 N–H and O–H groups in total. The van der Waals surface area contributed by atoms with Crippen LogP contribution in [0.1, 0.15) is 13.8 Å². The number of halogens is 1. The first kappa shape index (κ1) is 15.6. The van der Waals surface area contributed by atoms with Gasteiger partial charge in [-0.25, -0.2) is 0 Å². The molecule has 1 rings (SSSR count). The highest BCUT2D eigenvalue weighted by Crippen LogP contribution is 2.25. The number of ether oxygens (including phenoxy) is 1. The normalized spacial score (nSPS) is 12.2. The largest absolute Gasteiger partial charge is 0.462 e. The van der Waals surface area contributed by atoms with Gasteiger partial charge in [-0.15, -0.1) is 0 Å². The van der Waals surface area contributed by atoms with Crippen LogP contribution in [-0.2, 0) is 20.3 Å². The SMILES string of the molecule is CC(C)OC(=O)CS(=O)c1ccc([N+](=O)[O-])cc1Cl. The number of carbonyl (C=O) groups is 1. The van der Waals surface area contributed by atoms with Crippen molar-refractivity contribution in [3.8, 4) is 0 Å². The van der Waals surface area contributed by atoms with Crippen molar-refractivity contribution < 1.29 is 18.7 Å². The van der Waals surface area contributed by atoms with Gasteiger partial charge in [-0.3, -0.25) is 19.1 Å². The highest BCUT2D eigenvalue weighted by molar-refractivity contribution is 7.85. The number of hydrogen-bond acceptors (Lipinski definition) is 5. The zero-order valence-electron chi connectivity index (χ0n) is 10.3. The fourth-order valence-electron chi connectivity index (χ4n) is 1.27. The van der Waals surface area contributed by atoms with Gasteiger partial charge >= 0.3 is 5.97 Å². The summed E-state index contributed by atoms with van der Waals surface area (Å²) in [6.45, 7) is 3.36. The molecule has 104 valence electrons. The van der Waals surface area contributed by atoms with Crippen molar-refractivity contribution in [3.05, 3.63) is 33.3 Å². The third kappa shape index (κ3) is 4.60. The molecular formula is C11H12ClNO5S. The van der Waals surface area contributed by atoms with E-state index in [1.54, 1.807) is 13.8 Å². The summed E-state index contributed by atoms with van der Waals surface area (Å²) in [6.07, 6.45) is -0.295. The minimum absolute atomic E-state index is 0.00937. The minimum Gasteiger partial charge on any atom is -0.462 e. The molecule has 0 fully saturated rings. The molecule has 6 nitrogen and oxygen atoms in total. The van der Waals surface area contributed by atoms with Crippen LogP contribution >= 0.6 is 11.6 Å². The molecule has 0 aliphatic heterocycles. The molecule has 0 amide bonds. The molecule has 0 aliphatic rings. The van der Waals surface area contributed by atoms with E-state index >= 15 is 0 Å². The predicted octanol–water partition coefficient (Wildman–Crippen LogP) is 2.31. The van der Waals surface area contributed by atoms with Crippen molar-refractivity contribution in [2.75, 3.05) is 5.75 Å². The Bertz CT molecular complexity index is 532. The molecule has 0 heterocycles. The van der Waals surface area contributed by atoms with Crippen LogP contribution in [-0.4, -0.2) is 27.0 Å². The van der Waals surface area contributed by atoms with E-state index < -0.39 is 21.7 Å². The predicted molar refractivity (Wildman–Crippen MR) is 70.6 cm³/mol. The van der Waals surface area contributed by atoms with E-state index in [1.165, 1.54) is 12.1 Å². The average molecular weight is 306 g/mol. The number of carbonyl (C=O) groups excluding carboxylic acids is 1. The standard InChI is InChI=1S/C11H12ClNO5S/c1-7(2)18-11(14)6-19(17)10-4-3-8(13(15)16)5-9(10)12/h3-5,7H,6H2,1-2H3. The van der Waals surface area contributed by atoms with Crippen LogP contribution in [0.5, 0.6) is 0 Å². The number of esters is 1. The van der Waals surface area contributed by atoms with E-state index in [0.717, 1.165) is 6.07 Å².